The molecular weight excluding hydrogens is 352 g/mol. The number of esters is 2. The number of benzene rings is 1. The van der Waals surface area contributed by atoms with Gasteiger partial charge in [0.1, 0.15) is 5.54 Å². The number of amides is 1. The van der Waals surface area contributed by atoms with Gasteiger partial charge in [0.05, 0.1) is 33.3 Å². The number of ether oxygens (including phenoxy) is 2. The molecule has 0 aromatic heterocycles. The summed E-state index contributed by atoms with van der Waals surface area (Å²) in [4.78, 5) is 41.9. The minimum atomic E-state index is -1.07. The first-order valence-corrected chi connectivity index (χ1v) is 8.71. The number of nitrogens with zero attached hydrogens (tertiary/aromatic N) is 1. The van der Waals surface area contributed by atoms with Crippen molar-refractivity contribution in [3.05, 3.63) is 34.9 Å². The van der Waals surface area contributed by atoms with Gasteiger partial charge in [0.15, 0.2) is 0 Å². The molecule has 1 aromatic rings. The summed E-state index contributed by atoms with van der Waals surface area (Å²) in [5, 5.41) is 4.59. The maximum atomic E-state index is 12.7. The van der Waals surface area contributed by atoms with E-state index < -0.39 is 17.5 Å². The van der Waals surface area contributed by atoms with E-state index in [0.717, 1.165) is 5.56 Å². The molecule has 0 saturated carbocycles. The van der Waals surface area contributed by atoms with Gasteiger partial charge in [-0.2, -0.15) is 5.06 Å². The molecule has 1 aliphatic rings. The Bertz CT molecular complexity index is 710. The molecule has 1 N–H and O–H groups in total. The average Bonchev–Trinajstić information content (AvgIpc) is 2.68. The Balaban J connectivity index is 2.15. The Hall–Kier alpha value is -2.45. The van der Waals surface area contributed by atoms with E-state index in [1.54, 1.807) is 30.4 Å². The Morgan fingerprint density at radius 3 is 2.33 bits per heavy atom. The second-order valence-corrected chi connectivity index (χ2v) is 6.54. The molecule has 1 heterocycles. The van der Waals surface area contributed by atoms with Crippen molar-refractivity contribution in [3.63, 3.8) is 0 Å². The van der Waals surface area contributed by atoms with Crippen LogP contribution < -0.4 is 5.32 Å². The van der Waals surface area contributed by atoms with Crippen LogP contribution in [0.3, 0.4) is 0 Å². The molecule has 0 aliphatic carbocycles. The van der Waals surface area contributed by atoms with E-state index >= 15 is 0 Å². The smallest absolute Gasteiger partial charge is 0.337 e. The highest BCUT2D eigenvalue weighted by atomic mass is 16.7. The number of hydroxylamine groups is 2. The van der Waals surface area contributed by atoms with Crippen molar-refractivity contribution in [2.75, 3.05) is 34.4 Å². The summed E-state index contributed by atoms with van der Waals surface area (Å²) in [5.74, 6) is -1.24. The standard InChI is InChI=1S/C19H26N2O6/c1-13-5-6-14(17(23)25-2)11-15(13)12-16(22)20-19(18(24)26-3)7-9-21(27-4)10-8-19/h5-6,11H,7-10,12H2,1-4H3,(H,20,22). The molecule has 1 fully saturated rings. The van der Waals surface area contributed by atoms with Gasteiger partial charge in [-0.25, -0.2) is 9.59 Å². The minimum absolute atomic E-state index is 0.0450. The first kappa shape index (κ1) is 20.9. The third-order valence-electron chi connectivity index (χ3n) is 4.91. The van der Waals surface area contributed by atoms with Crippen LogP contribution in [0.1, 0.15) is 34.3 Å². The fourth-order valence-electron chi connectivity index (χ4n) is 3.22. The van der Waals surface area contributed by atoms with Gasteiger partial charge < -0.3 is 19.6 Å². The number of piperidine rings is 1. The Morgan fingerprint density at radius 1 is 1.11 bits per heavy atom. The van der Waals surface area contributed by atoms with Crippen molar-refractivity contribution >= 4 is 17.8 Å². The van der Waals surface area contributed by atoms with Gasteiger partial charge in [0.25, 0.3) is 0 Å². The van der Waals surface area contributed by atoms with Crippen LogP contribution in [0.15, 0.2) is 18.2 Å². The quantitative estimate of drug-likeness (QED) is 0.738. The SMILES string of the molecule is COC(=O)c1ccc(C)c(CC(=O)NC2(C(=O)OC)CCN(OC)CC2)c1. The Morgan fingerprint density at radius 2 is 1.78 bits per heavy atom. The molecule has 1 aliphatic heterocycles. The number of carbonyl (C=O) groups is 3. The predicted octanol–water partition coefficient (Wildman–Crippen LogP) is 1.01. The number of hydrogen-bond acceptors (Lipinski definition) is 7. The van der Waals surface area contributed by atoms with Crippen molar-refractivity contribution in [2.24, 2.45) is 0 Å². The van der Waals surface area contributed by atoms with Gasteiger partial charge in [0.2, 0.25) is 5.91 Å². The van der Waals surface area contributed by atoms with Crippen molar-refractivity contribution in [1.82, 2.24) is 10.4 Å². The third-order valence-corrected chi connectivity index (χ3v) is 4.91. The van der Waals surface area contributed by atoms with Crippen LogP contribution in [-0.4, -0.2) is 62.9 Å². The Kier molecular flexibility index (Phi) is 6.92. The van der Waals surface area contributed by atoms with Gasteiger partial charge in [0, 0.05) is 13.1 Å². The summed E-state index contributed by atoms with van der Waals surface area (Å²) in [6, 6.07) is 5.06. The van der Waals surface area contributed by atoms with Gasteiger partial charge in [-0.05, 0) is 43.0 Å². The molecule has 8 heteroatoms. The van der Waals surface area contributed by atoms with Crippen LogP contribution in [0.2, 0.25) is 0 Å². The lowest BCUT2D eigenvalue weighted by molar-refractivity contribution is -0.171. The molecule has 27 heavy (non-hydrogen) atoms. The van der Waals surface area contributed by atoms with Gasteiger partial charge >= 0.3 is 11.9 Å². The highest BCUT2D eigenvalue weighted by Gasteiger charge is 2.44. The second-order valence-electron chi connectivity index (χ2n) is 6.54. The summed E-state index contributed by atoms with van der Waals surface area (Å²) < 4.78 is 9.65. The van der Waals surface area contributed by atoms with Crippen molar-refractivity contribution in [3.8, 4) is 0 Å². The molecule has 0 atom stereocenters. The molecule has 1 saturated heterocycles. The average molecular weight is 378 g/mol. The molecule has 1 amide bonds. The van der Waals surface area contributed by atoms with E-state index in [0.29, 0.717) is 37.1 Å². The molecule has 8 nitrogen and oxygen atoms in total. The number of aryl methyl sites for hydroxylation is 1. The molecule has 1 aromatic carbocycles. The zero-order chi connectivity index (χ0) is 20.0. The summed E-state index contributed by atoms with van der Waals surface area (Å²) in [5.41, 5.74) is 0.875. The van der Waals surface area contributed by atoms with Gasteiger partial charge in [-0.1, -0.05) is 6.07 Å². The van der Waals surface area contributed by atoms with Gasteiger partial charge in [-0.3, -0.25) is 4.79 Å². The maximum Gasteiger partial charge on any atom is 0.337 e. The maximum absolute atomic E-state index is 12.7. The highest BCUT2D eigenvalue weighted by Crippen LogP contribution is 2.24. The fourth-order valence-corrected chi connectivity index (χ4v) is 3.22. The van der Waals surface area contributed by atoms with Crippen LogP contribution in [0.25, 0.3) is 0 Å². The van der Waals surface area contributed by atoms with Crippen LogP contribution in [0.4, 0.5) is 0 Å². The van der Waals surface area contributed by atoms with Crippen LogP contribution in [-0.2, 0) is 30.3 Å². The summed E-state index contributed by atoms with van der Waals surface area (Å²) >= 11 is 0. The topological polar surface area (TPSA) is 94.2 Å². The number of carbonyl (C=O) groups excluding carboxylic acids is 3. The molecule has 2 rings (SSSR count). The fraction of sp³-hybridized carbons (Fsp3) is 0.526. The van der Waals surface area contributed by atoms with E-state index in [1.165, 1.54) is 14.2 Å². The zero-order valence-corrected chi connectivity index (χ0v) is 16.2. The monoisotopic (exact) mass is 378 g/mol. The molecule has 0 spiro atoms. The van der Waals surface area contributed by atoms with Crippen molar-refractivity contribution < 1.29 is 28.7 Å². The normalized spacial score (nSPS) is 16.4. The van der Waals surface area contributed by atoms with Crippen LogP contribution >= 0.6 is 0 Å². The van der Waals surface area contributed by atoms with E-state index in [1.807, 2.05) is 6.92 Å². The van der Waals surface area contributed by atoms with Crippen molar-refractivity contribution in [2.45, 2.75) is 31.7 Å². The first-order valence-electron chi connectivity index (χ1n) is 8.71. The summed E-state index contributed by atoms with van der Waals surface area (Å²) in [7, 11) is 4.19. The second kappa shape index (κ2) is 8.96. The molecule has 0 radical (unpaired) electrons. The van der Waals surface area contributed by atoms with E-state index in [2.05, 4.69) is 5.32 Å². The molecular formula is C19H26N2O6. The van der Waals surface area contributed by atoms with Gasteiger partial charge in [-0.15, -0.1) is 0 Å². The van der Waals surface area contributed by atoms with Crippen LogP contribution in [0, 0.1) is 6.92 Å². The largest absolute Gasteiger partial charge is 0.467 e. The molecule has 0 bridgehead atoms. The summed E-state index contributed by atoms with van der Waals surface area (Å²) in [6.07, 6.45) is 0.824. The van der Waals surface area contributed by atoms with E-state index in [4.69, 9.17) is 14.3 Å². The van der Waals surface area contributed by atoms with E-state index in [-0.39, 0.29) is 12.3 Å². The number of methoxy groups -OCH3 is 2. The zero-order valence-electron chi connectivity index (χ0n) is 16.2. The molecule has 148 valence electrons. The number of nitrogens with one attached hydrogen (secondary N) is 1. The third kappa shape index (κ3) is 4.84. The van der Waals surface area contributed by atoms with Crippen LogP contribution in [0.5, 0.6) is 0 Å². The first-order chi connectivity index (χ1) is 12.8. The summed E-state index contributed by atoms with van der Waals surface area (Å²) in [6.45, 7) is 2.86. The Labute approximate surface area is 158 Å². The highest BCUT2D eigenvalue weighted by molar-refractivity contribution is 5.91. The minimum Gasteiger partial charge on any atom is -0.467 e. The van der Waals surface area contributed by atoms with Crippen molar-refractivity contribution in [1.29, 1.82) is 0 Å². The number of rotatable bonds is 6. The van der Waals surface area contributed by atoms with E-state index in [9.17, 15) is 14.4 Å². The molecule has 0 unspecified atom stereocenters. The predicted molar refractivity (Wildman–Crippen MR) is 96.9 cm³/mol. The number of hydrogen-bond donors (Lipinski definition) is 1. The lowest BCUT2D eigenvalue weighted by atomic mass is 9.87. The lowest BCUT2D eigenvalue weighted by Crippen LogP contribution is -2.60. The lowest BCUT2D eigenvalue weighted by Gasteiger charge is -2.39.